The monoisotopic (exact) mass is 509 g/mol. The number of anilines is 1. The van der Waals surface area contributed by atoms with Gasteiger partial charge in [0, 0.05) is 15.2 Å². The van der Waals surface area contributed by atoms with Crippen LogP contribution < -0.4 is 4.90 Å². The molecule has 152 valence electrons. The van der Waals surface area contributed by atoms with Crippen LogP contribution in [0.1, 0.15) is 32.3 Å². The van der Waals surface area contributed by atoms with Crippen LogP contribution in [-0.2, 0) is 11.2 Å². The first-order valence-corrected chi connectivity index (χ1v) is 11.3. The van der Waals surface area contributed by atoms with E-state index < -0.39 is 5.41 Å². The maximum Gasteiger partial charge on any atom is 0.232 e. The second-order valence-electron chi connectivity index (χ2n) is 8.57. The molecule has 30 heavy (non-hydrogen) atoms. The summed E-state index contributed by atoms with van der Waals surface area (Å²) in [4.78, 5) is 19.8. The van der Waals surface area contributed by atoms with Crippen molar-refractivity contribution in [2.24, 2.45) is 11.3 Å². The van der Waals surface area contributed by atoms with Crippen molar-refractivity contribution < 1.29 is 4.79 Å². The van der Waals surface area contributed by atoms with Crippen molar-refractivity contribution in [3.63, 3.8) is 0 Å². The van der Waals surface area contributed by atoms with E-state index in [-0.39, 0.29) is 17.9 Å². The van der Waals surface area contributed by atoms with Crippen LogP contribution in [0, 0.1) is 26.2 Å². The predicted molar refractivity (Wildman–Crippen MR) is 128 cm³/mol. The number of hydrogen-bond acceptors (Lipinski definition) is 3. The first-order chi connectivity index (χ1) is 14.4. The number of nitrogens with zero attached hydrogens (tertiary/aromatic N) is 3. The van der Waals surface area contributed by atoms with Gasteiger partial charge in [0.15, 0.2) is 0 Å². The third-order valence-electron chi connectivity index (χ3n) is 5.91. The molecule has 0 N–H and O–H groups in total. The Morgan fingerprint density at radius 1 is 1.13 bits per heavy atom. The number of halogens is 1. The van der Waals surface area contributed by atoms with Crippen molar-refractivity contribution in [3.05, 3.63) is 69.9 Å². The molecule has 4 rings (SSSR count). The van der Waals surface area contributed by atoms with E-state index in [0.29, 0.717) is 6.42 Å². The van der Waals surface area contributed by atoms with E-state index in [1.807, 2.05) is 61.2 Å². The molecule has 5 heteroatoms. The van der Waals surface area contributed by atoms with Gasteiger partial charge in [-0.05, 0) is 79.5 Å². The molecule has 0 radical (unpaired) electrons. The second kappa shape index (κ2) is 8.35. The van der Waals surface area contributed by atoms with E-state index >= 15 is 0 Å². The molecular formula is C25H24IN3O. The summed E-state index contributed by atoms with van der Waals surface area (Å²) in [5, 5.41) is 10.7. The summed E-state index contributed by atoms with van der Waals surface area (Å²) >= 11 is 2.30. The molecule has 2 unspecified atom stereocenters. The fourth-order valence-electron chi connectivity index (χ4n) is 4.30. The number of fused-ring (bicyclic) bond motifs is 1. The zero-order chi connectivity index (χ0) is 21.3. The van der Waals surface area contributed by atoms with E-state index in [2.05, 4.69) is 45.8 Å². The van der Waals surface area contributed by atoms with E-state index in [4.69, 9.17) is 0 Å². The van der Waals surface area contributed by atoms with E-state index in [1.54, 1.807) is 6.20 Å². The quantitative estimate of drug-likeness (QED) is 0.315. The van der Waals surface area contributed by atoms with Gasteiger partial charge in [0.05, 0.1) is 34.6 Å². The number of pyridine rings is 1. The fourth-order valence-corrected chi connectivity index (χ4v) is 4.92. The fraction of sp³-hybridized carbons (Fsp3) is 0.320. The van der Waals surface area contributed by atoms with Gasteiger partial charge < -0.3 is 4.90 Å². The standard InChI is InChI=1S/C25H24IN3O/c1-25(2,16-27)15-22-19(11-10-17-7-4-3-5-8-17)24(30)29(22)21-13-12-20(26)18-9-6-14-28-23(18)21/h3-9,12-14,19,22H,10-11,15H2,1-2H3. The molecule has 1 fully saturated rings. The molecule has 1 aliphatic rings. The van der Waals surface area contributed by atoms with Gasteiger partial charge in [-0.1, -0.05) is 36.4 Å². The van der Waals surface area contributed by atoms with Gasteiger partial charge in [0.2, 0.25) is 5.91 Å². The Morgan fingerprint density at radius 2 is 1.90 bits per heavy atom. The van der Waals surface area contributed by atoms with Gasteiger partial charge in [0.1, 0.15) is 0 Å². The summed E-state index contributed by atoms with van der Waals surface area (Å²) in [5.74, 6) is 0.0636. The van der Waals surface area contributed by atoms with Gasteiger partial charge in [-0.25, -0.2) is 0 Å². The number of hydrogen-bond donors (Lipinski definition) is 0. The van der Waals surface area contributed by atoms with Crippen LogP contribution in [-0.4, -0.2) is 16.9 Å². The molecule has 2 aromatic carbocycles. The van der Waals surface area contributed by atoms with Crippen LogP contribution in [0.15, 0.2) is 60.8 Å². The van der Waals surface area contributed by atoms with Gasteiger partial charge in [-0.2, -0.15) is 5.26 Å². The number of carbonyl (C=O) groups excluding carboxylic acids is 1. The summed E-state index contributed by atoms with van der Waals surface area (Å²) in [6.45, 7) is 3.90. The summed E-state index contributed by atoms with van der Waals surface area (Å²) in [5.41, 5.74) is 2.44. The lowest BCUT2D eigenvalue weighted by atomic mass is 9.74. The van der Waals surface area contributed by atoms with Crippen LogP contribution in [0.5, 0.6) is 0 Å². The number of benzene rings is 2. The first-order valence-electron chi connectivity index (χ1n) is 10.2. The van der Waals surface area contributed by atoms with Crippen molar-refractivity contribution in [2.45, 2.75) is 39.2 Å². The zero-order valence-corrected chi connectivity index (χ0v) is 19.3. The molecule has 1 amide bonds. The Bertz CT molecular complexity index is 1120. The summed E-state index contributed by atoms with van der Waals surface area (Å²) in [6, 6.07) is 20.7. The third-order valence-corrected chi connectivity index (χ3v) is 6.86. The molecule has 2 atom stereocenters. The number of amides is 1. The highest BCUT2D eigenvalue weighted by atomic mass is 127. The van der Waals surface area contributed by atoms with Gasteiger partial charge in [-0.3, -0.25) is 9.78 Å². The van der Waals surface area contributed by atoms with Crippen molar-refractivity contribution in [1.82, 2.24) is 4.98 Å². The molecule has 0 aliphatic carbocycles. The van der Waals surface area contributed by atoms with Gasteiger partial charge in [0.25, 0.3) is 0 Å². The third kappa shape index (κ3) is 3.93. The summed E-state index contributed by atoms with van der Waals surface area (Å²) < 4.78 is 1.11. The number of β-lactam (4-membered cyclic amide) rings is 1. The number of carbonyl (C=O) groups is 1. The maximum atomic E-state index is 13.3. The van der Waals surface area contributed by atoms with Crippen molar-refractivity contribution in [3.8, 4) is 6.07 Å². The Hall–Kier alpha value is -2.46. The maximum absolute atomic E-state index is 13.3. The smallest absolute Gasteiger partial charge is 0.232 e. The minimum Gasteiger partial charge on any atom is -0.306 e. The van der Waals surface area contributed by atoms with Crippen LogP contribution >= 0.6 is 22.6 Å². The molecular weight excluding hydrogens is 485 g/mol. The van der Waals surface area contributed by atoms with Gasteiger partial charge in [-0.15, -0.1) is 0 Å². The summed E-state index contributed by atoms with van der Waals surface area (Å²) in [6.07, 6.45) is 4.07. The molecule has 4 nitrogen and oxygen atoms in total. The van der Waals surface area contributed by atoms with Crippen molar-refractivity contribution in [2.75, 3.05) is 4.90 Å². The molecule has 3 aromatic rings. The Kier molecular flexibility index (Phi) is 5.79. The molecule has 1 aromatic heterocycles. The predicted octanol–water partition coefficient (Wildman–Crippen LogP) is 5.74. The average molecular weight is 509 g/mol. The molecule has 0 saturated carbocycles. The topological polar surface area (TPSA) is 57.0 Å². The highest BCUT2D eigenvalue weighted by Crippen LogP contribution is 2.43. The zero-order valence-electron chi connectivity index (χ0n) is 17.2. The Balaban J connectivity index is 1.66. The molecule has 0 spiro atoms. The van der Waals surface area contributed by atoms with Crippen LogP contribution in [0.3, 0.4) is 0 Å². The largest absolute Gasteiger partial charge is 0.306 e. The molecule has 0 bridgehead atoms. The number of aromatic nitrogens is 1. The highest BCUT2D eigenvalue weighted by Gasteiger charge is 2.49. The minimum atomic E-state index is -0.499. The number of nitriles is 1. The lowest BCUT2D eigenvalue weighted by Gasteiger charge is -2.49. The molecule has 1 saturated heterocycles. The molecule has 2 heterocycles. The SMILES string of the molecule is CC(C)(C#N)CC1C(CCc2ccccc2)C(=O)N1c1ccc(I)c2cccnc12. The van der Waals surface area contributed by atoms with Crippen LogP contribution in [0.4, 0.5) is 5.69 Å². The minimum absolute atomic E-state index is 0.00105. The lowest BCUT2D eigenvalue weighted by Crippen LogP contribution is -2.62. The molecule has 1 aliphatic heterocycles. The van der Waals surface area contributed by atoms with Crippen LogP contribution in [0.25, 0.3) is 10.9 Å². The number of rotatable bonds is 6. The Morgan fingerprint density at radius 3 is 2.63 bits per heavy atom. The average Bonchev–Trinajstić information content (AvgIpc) is 2.76. The van der Waals surface area contributed by atoms with Crippen molar-refractivity contribution in [1.29, 1.82) is 5.26 Å². The van der Waals surface area contributed by atoms with Gasteiger partial charge >= 0.3 is 0 Å². The van der Waals surface area contributed by atoms with E-state index in [1.165, 1.54) is 5.56 Å². The van der Waals surface area contributed by atoms with E-state index in [0.717, 1.165) is 33.0 Å². The van der Waals surface area contributed by atoms with Crippen LogP contribution in [0.2, 0.25) is 0 Å². The number of aryl methyl sites for hydroxylation is 1. The highest BCUT2D eigenvalue weighted by molar-refractivity contribution is 14.1. The first kappa shape index (κ1) is 20.8. The normalized spacial score (nSPS) is 18.9. The van der Waals surface area contributed by atoms with E-state index in [9.17, 15) is 10.1 Å². The summed E-state index contributed by atoms with van der Waals surface area (Å²) in [7, 11) is 0. The Labute approximate surface area is 191 Å². The lowest BCUT2D eigenvalue weighted by molar-refractivity contribution is -0.131. The second-order valence-corrected chi connectivity index (χ2v) is 9.73. The van der Waals surface area contributed by atoms with Crippen molar-refractivity contribution >= 4 is 45.1 Å².